The molecule has 0 fully saturated rings. The molecule has 0 saturated heterocycles. The molecule has 0 bridgehead atoms. The molecule has 2 aromatic carbocycles. The van der Waals surface area contributed by atoms with Crippen LogP contribution in [-0.4, -0.2) is 37.8 Å². The third-order valence-electron chi connectivity index (χ3n) is 3.85. The number of carbonyl (C=O) groups is 3. The van der Waals surface area contributed by atoms with Crippen molar-refractivity contribution in [3.8, 4) is 23.3 Å². The van der Waals surface area contributed by atoms with Crippen LogP contribution in [0.2, 0.25) is 0 Å². The predicted octanol–water partition coefficient (Wildman–Crippen LogP) is 4.63. The van der Waals surface area contributed by atoms with Crippen molar-refractivity contribution >= 4 is 24.4 Å². The molecular weight excluding hydrogens is 446 g/mol. The van der Waals surface area contributed by atoms with Gasteiger partial charge in [-0.05, 0) is 49.8 Å². The van der Waals surface area contributed by atoms with E-state index in [0.717, 1.165) is 0 Å². The van der Waals surface area contributed by atoms with Gasteiger partial charge < -0.3 is 28.4 Å². The van der Waals surface area contributed by atoms with Gasteiger partial charge in [-0.25, -0.2) is 14.4 Å². The molecule has 0 aliphatic carbocycles. The van der Waals surface area contributed by atoms with Crippen molar-refractivity contribution in [2.24, 2.45) is 0 Å². The standard InChI is InChI=1S/C24H23NO9/c1-4-29-23(27)33-20-12-11-17(14-21(20)34-24(28)30-5-2)13-18(15-25)22(26)32-16(3)31-19-9-7-6-8-10-19/h6-14,16H,4-5H2,1-3H3/b18-13+. The van der Waals surface area contributed by atoms with Crippen LogP contribution in [0.25, 0.3) is 6.08 Å². The van der Waals surface area contributed by atoms with Crippen LogP contribution in [-0.2, 0) is 19.0 Å². The van der Waals surface area contributed by atoms with Gasteiger partial charge in [-0.15, -0.1) is 0 Å². The van der Waals surface area contributed by atoms with E-state index in [4.69, 9.17) is 28.4 Å². The number of benzene rings is 2. The Morgan fingerprint density at radius 2 is 1.56 bits per heavy atom. The zero-order valence-electron chi connectivity index (χ0n) is 18.8. The highest BCUT2D eigenvalue weighted by Crippen LogP contribution is 2.30. The lowest BCUT2D eigenvalue weighted by atomic mass is 10.1. The molecule has 0 saturated carbocycles. The largest absolute Gasteiger partial charge is 0.513 e. The lowest BCUT2D eigenvalue weighted by molar-refractivity contribution is -0.155. The summed E-state index contributed by atoms with van der Waals surface area (Å²) >= 11 is 0. The number of hydrogen-bond acceptors (Lipinski definition) is 10. The van der Waals surface area contributed by atoms with Gasteiger partial charge in [0.25, 0.3) is 0 Å². The lowest BCUT2D eigenvalue weighted by Crippen LogP contribution is -2.21. The van der Waals surface area contributed by atoms with Crippen LogP contribution in [0.4, 0.5) is 9.59 Å². The fourth-order valence-electron chi connectivity index (χ4n) is 2.49. The molecule has 0 aliphatic rings. The van der Waals surface area contributed by atoms with Crippen molar-refractivity contribution in [3.63, 3.8) is 0 Å². The van der Waals surface area contributed by atoms with Gasteiger partial charge in [0, 0.05) is 6.92 Å². The lowest BCUT2D eigenvalue weighted by Gasteiger charge is -2.15. The summed E-state index contributed by atoms with van der Waals surface area (Å²) in [6.45, 7) is 4.82. The Labute approximate surface area is 196 Å². The summed E-state index contributed by atoms with van der Waals surface area (Å²) < 4.78 is 30.2. The summed E-state index contributed by atoms with van der Waals surface area (Å²) in [6.07, 6.45) is -1.80. The van der Waals surface area contributed by atoms with Crippen LogP contribution in [0.15, 0.2) is 54.1 Å². The maximum atomic E-state index is 12.4. The van der Waals surface area contributed by atoms with E-state index < -0.39 is 24.6 Å². The van der Waals surface area contributed by atoms with Gasteiger partial charge in [0.15, 0.2) is 11.5 Å². The maximum Gasteiger partial charge on any atom is 0.513 e. The van der Waals surface area contributed by atoms with Crippen molar-refractivity contribution in [2.75, 3.05) is 13.2 Å². The smallest absolute Gasteiger partial charge is 0.455 e. The molecule has 0 heterocycles. The molecule has 10 nitrogen and oxygen atoms in total. The molecule has 0 radical (unpaired) electrons. The number of nitrogens with zero attached hydrogens (tertiary/aromatic N) is 1. The van der Waals surface area contributed by atoms with Crippen molar-refractivity contribution < 1.29 is 42.8 Å². The minimum atomic E-state index is -1.04. The average molecular weight is 469 g/mol. The van der Waals surface area contributed by atoms with E-state index >= 15 is 0 Å². The van der Waals surface area contributed by atoms with Crippen molar-refractivity contribution in [2.45, 2.75) is 27.1 Å². The molecule has 1 unspecified atom stereocenters. The van der Waals surface area contributed by atoms with Crippen LogP contribution in [0.1, 0.15) is 26.3 Å². The van der Waals surface area contributed by atoms with Crippen LogP contribution >= 0.6 is 0 Å². The Hall–Kier alpha value is -4.52. The van der Waals surface area contributed by atoms with Gasteiger partial charge in [-0.2, -0.15) is 5.26 Å². The van der Waals surface area contributed by atoms with Gasteiger partial charge in [0.2, 0.25) is 6.29 Å². The number of carbonyl (C=O) groups excluding carboxylic acids is 3. The molecular formula is C24H23NO9. The summed E-state index contributed by atoms with van der Waals surface area (Å²) in [6, 6.07) is 14.5. The normalized spacial score (nSPS) is 11.4. The number of esters is 1. The first-order chi connectivity index (χ1) is 16.4. The second-order valence-corrected chi connectivity index (χ2v) is 6.35. The molecule has 0 aliphatic heterocycles. The monoisotopic (exact) mass is 469 g/mol. The molecule has 178 valence electrons. The molecule has 2 aromatic rings. The Morgan fingerprint density at radius 3 is 2.15 bits per heavy atom. The summed E-state index contributed by atoms with van der Waals surface area (Å²) in [4.78, 5) is 35.9. The van der Waals surface area contributed by atoms with Gasteiger partial charge >= 0.3 is 18.3 Å². The zero-order valence-corrected chi connectivity index (χ0v) is 18.8. The van der Waals surface area contributed by atoms with Crippen molar-refractivity contribution in [1.29, 1.82) is 5.26 Å². The van der Waals surface area contributed by atoms with Crippen LogP contribution < -0.4 is 14.2 Å². The third-order valence-corrected chi connectivity index (χ3v) is 3.85. The Bertz CT molecular complexity index is 1070. The number of nitriles is 1. The summed E-state index contributed by atoms with van der Waals surface area (Å²) in [7, 11) is 0. The molecule has 0 aromatic heterocycles. The van der Waals surface area contributed by atoms with Crippen molar-refractivity contribution in [3.05, 3.63) is 59.7 Å². The maximum absolute atomic E-state index is 12.4. The minimum Gasteiger partial charge on any atom is -0.455 e. The quantitative estimate of drug-likeness (QED) is 0.128. The molecule has 1 atom stereocenters. The SMILES string of the molecule is CCOC(=O)Oc1ccc(/C=C(\C#N)C(=O)OC(C)Oc2ccccc2)cc1OC(=O)OCC. The number of ether oxygens (including phenoxy) is 6. The van der Waals surface area contributed by atoms with Crippen molar-refractivity contribution in [1.82, 2.24) is 0 Å². The van der Waals surface area contributed by atoms with Crippen LogP contribution in [0.5, 0.6) is 17.2 Å². The van der Waals surface area contributed by atoms with E-state index in [2.05, 4.69) is 0 Å². The topological polar surface area (TPSA) is 130 Å². The first kappa shape index (κ1) is 25.7. The van der Waals surface area contributed by atoms with Crippen LogP contribution in [0.3, 0.4) is 0 Å². The highest BCUT2D eigenvalue weighted by Gasteiger charge is 2.19. The number of hydrogen-bond donors (Lipinski definition) is 0. The average Bonchev–Trinajstić information content (AvgIpc) is 2.79. The highest BCUT2D eigenvalue weighted by atomic mass is 16.7. The van der Waals surface area contributed by atoms with E-state index in [1.165, 1.54) is 31.2 Å². The molecule has 10 heteroatoms. The Kier molecular flexibility index (Phi) is 9.94. The molecule has 0 N–H and O–H groups in total. The Balaban J connectivity index is 2.22. The Morgan fingerprint density at radius 1 is 0.941 bits per heavy atom. The second kappa shape index (κ2) is 13.1. The second-order valence-electron chi connectivity index (χ2n) is 6.35. The van der Waals surface area contributed by atoms with E-state index in [1.54, 1.807) is 44.2 Å². The zero-order chi connectivity index (χ0) is 24.9. The minimum absolute atomic E-state index is 0.0557. The predicted molar refractivity (Wildman–Crippen MR) is 118 cm³/mol. The fourth-order valence-corrected chi connectivity index (χ4v) is 2.49. The van der Waals surface area contributed by atoms with E-state index in [-0.39, 0.29) is 35.8 Å². The molecule has 2 rings (SSSR count). The third kappa shape index (κ3) is 8.20. The van der Waals surface area contributed by atoms with E-state index in [0.29, 0.717) is 5.75 Å². The van der Waals surface area contributed by atoms with E-state index in [9.17, 15) is 19.6 Å². The number of rotatable bonds is 9. The first-order valence-electron chi connectivity index (χ1n) is 10.2. The molecule has 0 amide bonds. The summed E-state index contributed by atoms with van der Waals surface area (Å²) in [5, 5.41) is 9.43. The molecule has 0 spiro atoms. The molecule has 34 heavy (non-hydrogen) atoms. The van der Waals surface area contributed by atoms with Crippen LogP contribution in [0, 0.1) is 11.3 Å². The van der Waals surface area contributed by atoms with Gasteiger partial charge in [0.1, 0.15) is 17.4 Å². The van der Waals surface area contributed by atoms with Gasteiger partial charge in [0.05, 0.1) is 13.2 Å². The van der Waals surface area contributed by atoms with Gasteiger partial charge in [-0.3, -0.25) is 0 Å². The first-order valence-corrected chi connectivity index (χ1v) is 10.2. The fraction of sp³-hybridized carbons (Fsp3) is 0.250. The van der Waals surface area contributed by atoms with E-state index in [1.807, 2.05) is 6.07 Å². The highest BCUT2D eigenvalue weighted by molar-refractivity contribution is 5.98. The summed E-state index contributed by atoms with van der Waals surface area (Å²) in [5.74, 6) is -0.754. The summed E-state index contributed by atoms with van der Waals surface area (Å²) in [5.41, 5.74) is -0.0645. The number of para-hydroxylation sites is 1. The van der Waals surface area contributed by atoms with Gasteiger partial charge in [-0.1, -0.05) is 24.3 Å².